The lowest BCUT2D eigenvalue weighted by molar-refractivity contribution is 0.383. The Bertz CT molecular complexity index is 1810. The molecule has 0 bridgehead atoms. The van der Waals surface area contributed by atoms with Crippen LogP contribution >= 0.6 is 22.9 Å². The van der Waals surface area contributed by atoms with E-state index in [1.165, 1.54) is 16.7 Å². The molecule has 13 heteroatoms. The van der Waals surface area contributed by atoms with E-state index in [0.29, 0.717) is 28.5 Å². The zero-order valence-electron chi connectivity index (χ0n) is 22.2. The number of imidazole rings is 2. The van der Waals surface area contributed by atoms with Crippen LogP contribution < -0.4 is 11.4 Å². The van der Waals surface area contributed by atoms with Gasteiger partial charge in [-0.1, -0.05) is 35.9 Å². The lowest BCUT2D eigenvalue weighted by Gasteiger charge is -2.09. The van der Waals surface area contributed by atoms with Gasteiger partial charge in [0.15, 0.2) is 0 Å². The summed E-state index contributed by atoms with van der Waals surface area (Å²) in [5.41, 5.74) is 2.24. The van der Waals surface area contributed by atoms with E-state index in [9.17, 15) is 18.0 Å². The normalized spacial score (nSPS) is 12.0. The lowest BCUT2D eigenvalue weighted by Crippen LogP contribution is -2.31. The molecule has 0 aliphatic carbocycles. The van der Waals surface area contributed by atoms with E-state index >= 15 is 0 Å². The average molecular weight is 591 g/mol. The first-order chi connectivity index (χ1) is 18.5. The fraction of sp³-hybridized carbons (Fsp3) is 0.308. The van der Waals surface area contributed by atoms with Crippen LogP contribution in [0.15, 0.2) is 74.5 Å². The third-order valence-corrected chi connectivity index (χ3v) is 9.45. The van der Waals surface area contributed by atoms with Crippen molar-refractivity contribution in [2.75, 3.05) is 41.3 Å². The molecule has 3 aromatic heterocycles. The third kappa shape index (κ3) is 6.20. The molecule has 39 heavy (non-hydrogen) atoms. The van der Waals surface area contributed by atoms with E-state index in [4.69, 9.17) is 11.6 Å². The first-order valence-corrected chi connectivity index (χ1v) is 14.8. The first-order valence-electron chi connectivity index (χ1n) is 12.2. The van der Waals surface area contributed by atoms with E-state index in [2.05, 4.69) is 9.88 Å². The first kappa shape index (κ1) is 28.8. The molecule has 0 saturated carbocycles. The number of thiophene rings is 1. The highest BCUT2D eigenvalue weighted by Gasteiger charge is 2.26. The van der Waals surface area contributed by atoms with Crippen LogP contribution in [0.25, 0.3) is 22.1 Å². The zero-order chi connectivity index (χ0) is 28.3. The highest BCUT2D eigenvalue weighted by atomic mass is 35.5. The maximum absolute atomic E-state index is 12.9. The van der Waals surface area contributed by atoms with Crippen molar-refractivity contribution in [2.24, 2.45) is 0 Å². The van der Waals surface area contributed by atoms with Gasteiger partial charge in [-0.15, -0.1) is 11.3 Å². The average Bonchev–Trinajstić information content (AvgIpc) is 3.54. The van der Waals surface area contributed by atoms with Crippen LogP contribution in [-0.2, 0) is 23.1 Å². The van der Waals surface area contributed by atoms with Gasteiger partial charge < -0.3 is 14.8 Å². The SMILES string of the molecule is CN(C)CCn1c(=O)[nH]c2ccccc21.CN(C)CCn1c(=O)n(S(=O)(=O)c2ccc(Cl)s2)c2ccccc21. The number of aromatic amines is 1. The number of likely N-dealkylation sites (N-methyl/N-ethyl adjacent to an activating group) is 2. The Hall–Kier alpha value is -3.16. The number of nitrogens with zero attached hydrogens (tertiary/aromatic N) is 5. The number of para-hydroxylation sites is 4. The Morgan fingerprint density at radius 2 is 1.36 bits per heavy atom. The molecule has 0 fully saturated rings. The van der Waals surface area contributed by atoms with Gasteiger partial charge in [-0.25, -0.2) is 9.59 Å². The summed E-state index contributed by atoms with van der Waals surface area (Å²) in [6, 6.07) is 17.6. The van der Waals surface area contributed by atoms with Crippen LogP contribution in [0.4, 0.5) is 0 Å². The summed E-state index contributed by atoms with van der Waals surface area (Å²) in [5.74, 6) is 0. The second-order valence-electron chi connectivity index (χ2n) is 9.46. The van der Waals surface area contributed by atoms with Crippen LogP contribution in [0.5, 0.6) is 0 Å². The standard InChI is InChI=1S/C15H16ClN3O3S2.C11H15N3O/c1-17(2)9-10-18-11-5-3-4-6-12(11)19(15(18)20)24(21,22)14-8-7-13(16)23-14;1-13(2)7-8-14-10-6-4-3-5-9(10)12-11(14)15/h3-8H,9-10H2,1-2H3;3-6H,7-8H2,1-2H3,(H,12,15). The van der Waals surface area contributed by atoms with E-state index in [0.717, 1.165) is 39.4 Å². The molecule has 0 unspecified atom stereocenters. The van der Waals surface area contributed by atoms with Crippen LogP contribution in [0.1, 0.15) is 0 Å². The fourth-order valence-electron chi connectivity index (χ4n) is 4.08. The van der Waals surface area contributed by atoms with Crippen LogP contribution in [0.2, 0.25) is 4.34 Å². The van der Waals surface area contributed by atoms with Crippen molar-refractivity contribution in [3.8, 4) is 0 Å². The van der Waals surface area contributed by atoms with Gasteiger partial charge >= 0.3 is 11.4 Å². The molecule has 0 amide bonds. The molecular formula is C26H31ClN6O4S2. The molecule has 3 heterocycles. The van der Waals surface area contributed by atoms with Crippen molar-refractivity contribution < 1.29 is 8.42 Å². The van der Waals surface area contributed by atoms with Gasteiger partial charge in [0.05, 0.1) is 26.4 Å². The Morgan fingerprint density at radius 1 is 0.795 bits per heavy atom. The van der Waals surface area contributed by atoms with E-state index in [1.54, 1.807) is 28.8 Å². The molecule has 0 aliphatic rings. The largest absolute Gasteiger partial charge is 0.343 e. The molecule has 2 aromatic carbocycles. The zero-order valence-corrected chi connectivity index (χ0v) is 24.6. The molecule has 0 saturated heterocycles. The Balaban J connectivity index is 0.000000202. The minimum absolute atomic E-state index is 0.0296. The molecule has 10 nitrogen and oxygen atoms in total. The second-order valence-corrected chi connectivity index (χ2v) is 13.2. The van der Waals surface area contributed by atoms with Gasteiger partial charge in [0, 0.05) is 26.2 Å². The van der Waals surface area contributed by atoms with Crippen molar-refractivity contribution in [2.45, 2.75) is 17.3 Å². The Morgan fingerprint density at radius 3 is 1.95 bits per heavy atom. The predicted molar refractivity (Wildman–Crippen MR) is 158 cm³/mol. The number of benzene rings is 2. The predicted octanol–water partition coefficient (Wildman–Crippen LogP) is 3.21. The van der Waals surface area contributed by atoms with Gasteiger partial charge in [0.25, 0.3) is 10.0 Å². The number of H-pyrrole nitrogens is 1. The maximum Gasteiger partial charge on any atom is 0.343 e. The minimum atomic E-state index is -3.99. The van der Waals surface area contributed by atoms with E-state index in [-0.39, 0.29) is 9.90 Å². The van der Waals surface area contributed by atoms with Crippen molar-refractivity contribution >= 4 is 55.0 Å². The highest BCUT2D eigenvalue weighted by molar-refractivity contribution is 7.92. The maximum atomic E-state index is 12.9. The Kier molecular flexibility index (Phi) is 8.82. The van der Waals surface area contributed by atoms with Crippen LogP contribution in [0, 0.1) is 0 Å². The number of nitrogens with one attached hydrogen (secondary N) is 1. The summed E-state index contributed by atoms with van der Waals surface area (Å²) in [5, 5.41) is 0. The van der Waals surface area contributed by atoms with Crippen LogP contribution in [0.3, 0.4) is 0 Å². The number of rotatable bonds is 8. The minimum Gasteiger partial charge on any atom is -0.308 e. The van der Waals surface area contributed by atoms with Gasteiger partial charge in [0.2, 0.25) is 0 Å². The van der Waals surface area contributed by atoms with Gasteiger partial charge in [-0.05, 0) is 64.6 Å². The van der Waals surface area contributed by atoms with Gasteiger partial charge in [-0.3, -0.25) is 9.13 Å². The van der Waals surface area contributed by atoms with Crippen molar-refractivity contribution in [3.05, 3.63) is 86.0 Å². The second kappa shape index (κ2) is 11.9. The molecule has 208 valence electrons. The molecule has 0 atom stereocenters. The summed E-state index contributed by atoms with van der Waals surface area (Å²) in [7, 11) is 3.81. The lowest BCUT2D eigenvalue weighted by atomic mass is 10.3. The quantitative estimate of drug-likeness (QED) is 0.298. The van der Waals surface area contributed by atoms with Crippen molar-refractivity contribution in [3.63, 3.8) is 0 Å². The van der Waals surface area contributed by atoms with Crippen LogP contribution in [-0.4, -0.2) is 77.6 Å². The third-order valence-electron chi connectivity index (χ3n) is 6.06. The summed E-state index contributed by atoms with van der Waals surface area (Å²) in [4.78, 5) is 31.3. The number of hydrogen-bond donors (Lipinski definition) is 1. The monoisotopic (exact) mass is 590 g/mol. The topological polar surface area (TPSA) is 105 Å². The number of halogens is 1. The Labute approximate surface area is 235 Å². The van der Waals surface area contributed by atoms with Crippen molar-refractivity contribution in [1.82, 2.24) is 27.9 Å². The molecule has 0 spiro atoms. The summed E-state index contributed by atoms with van der Waals surface area (Å²) in [6.45, 7) is 2.61. The summed E-state index contributed by atoms with van der Waals surface area (Å²) < 4.78 is 30.4. The van der Waals surface area contributed by atoms with Crippen molar-refractivity contribution in [1.29, 1.82) is 0 Å². The van der Waals surface area contributed by atoms with E-state index < -0.39 is 15.7 Å². The number of fused-ring (bicyclic) bond motifs is 2. The fourth-order valence-corrected chi connectivity index (χ4v) is 7.05. The molecule has 5 aromatic rings. The summed E-state index contributed by atoms with van der Waals surface area (Å²) >= 11 is 6.79. The molecular weight excluding hydrogens is 560 g/mol. The smallest absolute Gasteiger partial charge is 0.308 e. The molecule has 0 aliphatic heterocycles. The summed E-state index contributed by atoms with van der Waals surface area (Å²) in [6.07, 6.45) is 0. The number of aromatic nitrogens is 4. The molecule has 0 radical (unpaired) electrons. The highest BCUT2D eigenvalue weighted by Crippen LogP contribution is 2.28. The molecule has 5 rings (SSSR count). The van der Waals surface area contributed by atoms with Gasteiger partial charge in [-0.2, -0.15) is 12.4 Å². The number of hydrogen-bond acceptors (Lipinski definition) is 7. The van der Waals surface area contributed by atoms with E-state index in [1.807, 2.05) is 57.4 Å². The molecule has 1 N–H and O–H groups in total. The van der Waals surface area contributed by atoms with Gasteiger partial charge in [0.1, 0.15) is 4.21 Å².